The number of rotatable bonds is 9. The number of nitrogens with zero attached hydrogens (tertiary/aromatic N) is 3. The van der Waals surface area contributed by atoms with E-state index in [1.165, 1.54) is 21.0 Å². The van der Waals surface area contributed by atoms with Gasteiger partial charge in [-0.3, -0.25) is 4.68 Å². The predicted octanol–water partition coefficient (Wildman–Crippen LogP) is 5.73. The SMILES string of the molecule is COc1cccc(-c2noc(-c3cnn(CCC(C)(C)O)c3C(F)(F)F)c2COC2CC2)c1Cl. The van der Waals surface area contributed by atoms with Gasteiger partial charge in [-0.2, -0.15) is 18.3 Å². The lowest BCUT2D eigenvalue weighted by Gasteiger charge is -2.18. The summed E-state index contributed by atoms with van der Waals surface area (Å²) >= 11 is 6.47. The molecule has 1 fully saturated rings. The van der Waals surface area contributed by atoms with Crippen molar-refractivity contribution < 1.29 is 32.3 Å². The number of benzene rings is 1. The van der Waals surface area contributed by atoms with Gasteiger partial charge in [0.25, 0.3) is 0 Å². The number of hydrogen-bond acceptors (Lipinski definition) is 6. The maximum atomic E-state index is 14.1. The van der Waals surface area contributed by atoms with E-state index in [0.29, 0.717) is 16.9 Å². The summed E-state index contributed by atoms with van der Waals surface area (Å²) in [5.74, 6) is 0.310. The number of aromatic nitrogens is 3. The van der Waals surface area contributed by atoms with Crippen LogP contribution in [0.3, 0.4) is 0 Å². The molecule has 11 heteroatoms. The first-order valence-corrected chi connectivity index (χ1v) is 11.2. The predicted molar refractivity (Wildman–Crippen MR) is 118 cm³/mol. The first-order chi connectivity index (χ1) is 16.0. The molecule has 1 aliphatic rings. The molecule has 1 aromatic carbocycles. The van der Waals surface area contributed by atoms with Gasteiger partial charge in [-0.05, 0) is 39.2 Å². The third kappa shape index (κ3) is 5.24. The lowest BCUT2D eigenvalue weighted by atomic mass is 10.0. The lowest BCUT2D eigenvalue weighted by molar-refractivity contribution is -0.144. The van der Waals surface area contributed by atoms with Gasteiger partial charge in [0.15, 0.2) is 11.5 Å². The molecule has 1 aliphatic carbocycles. The second-order valence-corrected chi connectivity index (χ2v) is 9.24. The van der Waals surface area contributed by atoms with Gasteiger partial charge in [0, 0.05) is 12.1 Å². The molecule has 4 rings (SSSR count). The molecule has 1 N–H and O–H groups in total. The second kappa shape index (κ2) is 9.24. The molecule has 0 bridgehead atoms. The van der Waals surface area contributed by atoms with Crippen LogP contribution in [0.4, 0.5) is 13.2 Å². The molecule has 2 heterocycles. The van der Waals surface area contributed by atoms with Crippen LogP contribution < -0.4 is 4.74 Å². The minimum atomic E-state index is -4.72. The first kappa shape index (κ1) is 24.6. The highest BCUT2D eigenvalue weighted by Gasteiger charge is 2.41. The molecular weight excluding hydrogens is 475 g/mol. The molecule has 1 saturated carbocycles. The van der Waals surface area contributed by atoms with Gasteiger partial charge in [-0.25, -0.2) is 0 Å². The van der Waals surface area contributed by atoms with E-state index in [2.05, 4.69) is 10.3 Å². The quantitative estimate of drug-likeness (QED) is 0.405. The Hall–Kier alpha value is -2.56. The topological polar surface area (TPSA) is 82.5 Å². The summed E-state index contributed by atoms with van der Waals surface area (Å²) in [4.78, 5) is 0. The van der Waals surface area contributed by atoms with Crippen LogP contribution in [-0.4, -0.2) is 38.9 Å². The average Bonchev–Trinajstić information content (AvgIpc) is 3.32. The largest absolute Gasteiger partial charge is 0.495 e. The third-order valence-corrected chi connectivity index (χ3v) is 5.89. The molecule has 2 aromatic heterocycles. The fourth-order valence-electron chi connectivity index (χ4n) is 3.55. The molecule has 0 spiro atoms. The van der Waals surface area contributed by atoms with Gasteiger partial charge in [0.2, 0.25) is 0 Å². The van der Waals surface area contributed by atoms with Crippen LogP contribution in [0, 0.1) is 0 Å². The molecule has 0 saturated heterocycles. The zero-order chi connectivity index (χ0) is 24.7. The summed E-state index contributed by atoms with van der Waals surface area (Å²) in [6.07, 6.45) is -1.72. The van der Waals surface area contributed by atoms with Crippen molar-refractivity contribution in [3.8, 4) is 28.3 Å². The zero-order valence-corrected chi connectivity index (χ0v) is 19.7. The highest BCUT2D eigenvalue weighted by molar-refractivity contribution is 6.34. The summed E-state index contributed by atoms with van der Waals surface area (Å²) in [7, 11) is 1.47. The Morgan fingerprint density at radius 3 is 2.59 bits per heavy atom. The van der Waals surface area contributed by atoms with Crippen molar-refractivity contribution in [2.45, 2.75) is 64.1 Å². The number of halogens is 4. The van der Waals surface area contributed by atoms with Gasteiger partial charge in [-0.15, -0.1) is 0 Å². The van der Waals surface area contributed by atoms with Crippen molar-refractivity contribution in [1.29, 1.82) is 0 Å². The van der Waals surface area contributed by atoms with E-state index in [1.807, 2.05) is 0 Å². The number of alkyl halides is 3. The van der Waals surface area contributed by atoms with E-state index in [4.69, 9.17) is 25.6 Å². The Morgan fingerprint density at radius 2 is 1.97 bits per heavy atom. The monoisotopic (exact) mass is 499 g/mol. The van der Waals surface area contributed by atoms with Crippen molar-refractivity contribution in [3.05, 3.63) is 40.7 Å². The Labute approximate surface area is 199 Å². The molecule has 0 atom stereocenters. The molecule has 7 nitrogen and oxygen atoms in total. The fraction of sp³-hybridized carbons (Fsp3) is 0.478. The van der Waals surface area contributed by atoms with Crippen LogP contribution in [0.15, 0.2) is 28.9 Å². The molecule has 34 heavy (non-hydrogen) atoms. The Balaban J connectivity index is 1.82. The molecule has 0 amide bonds. The number of ether oxygens (including phenoxy) is 2. The van der Waals surface area contributed by atoms with E-state index in [0.717, 1.165) is 23.7 Å². The summed E-state index contributed by atoms with van der Waals surface area (Å²) in [5, 5.41) is 18.3. The van der Waals surface area contributed by atoms with Crippen LogP contribution in [0.1, 0.15) is 44.4 Å². The van der Waals surface area contributed by atoms with Crippen LogP contribution >= 0.6 is 11.6 Å². The van der Waals surface area contributed by atoms with E-state index in [-0.39, 0.29) is 47.7 Å². The van der Waals surface area contributed by atoms with E-state index in [1.54, 1.807) is 18.2 Å². The molecule has 0 radical (unpaired) electrons. The number of methoxy groups -OCH3 is 1. The van der Waals surface area contributed by atoms with Crippen LogP contribution in [-0.2, 0) is 24.1 Å². The first-order valence-electron chi connectivity index (χ1n) is 10.8. The fourth-order valence-corrected chi connectivity index (χ4v) is 3.85. The highest BCUT2D eigenvalue weighted by atomic mass is 35.5. The van der Waals surface area contributed by atoms with E-state index < -0.39 is 17.5 Å². The molecule has 3 aromatic rings. The van der Waals surface area contributed by atoms with Crippen LogP contribution in [0.5, 0.6) is 5.75 Å². The molecule has 0 unspecified atom stereocenters. The standard InChI is InChI=1S/C23H25ClF3N3O4/c1-22(2,31)9-10-30-21(23(25,26)27)15(11-28-30)20-16(12-33-13-7-8-13)19(29-34-20)14-5-4-6-17(32-3)18(14)24/h4-6,11,13,31H,7-10,12H2,1-3H3. The minimum absolute atomic E-state index is 0.00147. The van der Waals surface area contributed by atoms with Crippen molar-refractivity contribution >= 4 is 11.6 Å². The van der Waals surface area contributed by atoms with Crippen molar-refractivity contribution in [2.75, 3.05) is 7.11 Å². The van der Waals surface area contributed by atoms with E-state index >= 15 is 0 Å². The van der Waals surface area contributed by atoms with E-state index in [9.17, 15) is 18.3 Å². The maximum absolute atomic E-state index is 14.1. The Kier molecular flexibility index (Phi) is 6.67. The van der Waals surface area contributed by atoms with Crippen LogP contribution in [0.25, 0.3) is 22.6 Å². The Morgan fingerprint density at radius 1 is 1.24 bits per heavy atom. The average molecular weight is 500 g/mol. The number of aliphatic hydroxyl groups is 1. The molecular formula is C23H25ClF3N3O4. The summed E-state index contributed by atoms with van der Waals surface area (Å²) < 4.78 is 59.8. The number of aryl methyl sites for hydroxylation is 1. The maximum Gasteiger partial charge on any atom is 0.433 e. The molecule has 0 aliphatic heterocycles. The normalized spacial score (nSPS) is 14.6. The van der Waals surface area contributed by atoms with Gasteiger partial charge in [0.1, 0.15) is 11.4 Å². The van der Waals surface area contributed by atoms with Gasteiger partial charge >= 0.3 is 6.18 Å². The summed E-state index contributed by atoms with van der Waals surface area (Å²) in [6, 6.07) is 5.06. The van der Waals surface area contributed by atoms with Crippen molar-refractivity contribution in [2.24, 2.45) is 0 Å². The Bertz CT molecular complexity index is 1160. The zero-order valence-electron chi connectivity index (χ0n) is 18.9. The van der Waals surface area contributed by atoms with Gasteiger partial charge in [-0.1, -0.05) is 28.9 Å². The summed E-state index contributed by atoms with van der Waals surface area (Å²) in [6.45, 7) is 2.92. The third-order valence-electron chi connectivity index (χ3n) is 5.50. The highest BCUT2D eigenvalue weighted by Crippen LogP contribution is 2.43. The smallest absolute Gasteiger partial charge is 0.433 e. The summed E-state index contributed by atoms with van der Waals surface area (Å²) in [5.41, 5.74) is -1.32. The van der Waals surface area contributed by atoms with Gasteiger partial charge in [0.05, 0.1) is 47.8 Å². The second-order valence-electron chi connectivity index (χ2n) is 8.86. The minimum Gasteiger partial charge on any atom is -0.495 e. The molecule has 184 valence electrons. The number of hydrogen-bond donors (Lipinski definition) is 1. The van der Waals surface area contributed by atoms with Crippen molar-refractivity contribution in [1.82, 2.24) is 14.9 Å². The lowest BCUT2D eigenvalue weighted by Crippen LogP contribution is -2.24. The van der Waals surface area contributed by atoms with Gasteiger partial charge < -0.3 is 19.1 Å². The van der Waals surface area contributed by atoms with Crippen molar-refractivity contribution in [3.63, 3.8) is 0 Å². The van der Waals surface area contributed by atoms with Crippen LogP contribution in [0.2, 0.25) is 5.02 Å².